The van der Waals surface area contributed by atoms with Crippen molar-refractivity contribution in [3.63, 3.8) is 0 Å². The number of hydrogen-bond acceptors (Lipinski definition) is 3. The predicted molar refractivity (Wildman–Crippen MR) is 137 cm³/mol. The zero-order valence-corrected chi connectivity index (χ0v) is 20.6. The lowest BCUT2D eigenvalue weighted by atomic mass is 10.1. The first kappa shape index (κ1) is 24.9. The average Bonchev–Trinajstić information content (AvgIpc) is 3.32. The van der Waals surface area contributed by atoms with Gasteiger partial charge in [0.05, 0.1) is 18.8 Å². The minimum Gasteiger partial charge on any atom is -0.377 e. The van der Waals surface area contributed by atoms with Crippen molar-refractivity contribution in [2.75, 3.05) is 19.7 Å². The Bertz CT molecular complexity index is 910. The van der Waals surface area contributed by atoms with Crippen LogP contribution in [0.2, 0.25) is 0 Å². The van der Waals surface area contributed by atoms with Crippen LogP contribution in [0.25, 0.3) is 5.69 Å². The Hall–Kier alpha value is -2.39. The van der Waals surface area contributed by atoms with Gasteiger partial charge in [0.15, 0.2) is 5.96 Å². The van der Waals surface area contributed by atoms with Gasteiger partial charge >= 0.3 is 0 Å². The quantitative estimate of drug-likeness (QED) is 0.232. The predicted octanol–water partition coefficient (Wildman–Crippen LogP) is 4.32. The highest BCUT2D eigenvalue weighted by atomic mass is 127. The molecule has 0 unspecified atom stereocenters. The second-order valence-corrected chi connectivity index (χ2v) is 6.89. The number of aromatic nitrogens is 2. The molecule has 1 heterocycles. The molecule has 0 atom stereocenters. The summed E-state index contributed by atoms with van der Waals surface area (Å²) in [5.74, 6) is 0.830. The number of guanidine groups is 1. The molecule has 1 aromatic heterocycles. The lowest BCUT2D eigenvalue weighted by molar-refractivity contribution is 0.133. The molecule has 0 aliphatic carbocycles. The fourth-order valence-electron chi connectivity index (χ4n) is 3.13. The third-order valence-corrected chi connectivity index (χ3v) is 4.74. The van der Waals surface area contributed by atoms with Crippen LogP contribution in [0, 0.1) is 0 Å². The number of benzene rings is 2. The van der Waals surface area contributed by atoms with E-state index in [2.05, 4.69) is 59.1 Å². The molecule has 7 heteroatoms. The lowest BCUT2D eigenvalue weighted by Gasteiger charge is -2.13. The fourth-order valence-corrected chi connectivity index (χ4v) is 3.13. The van der Waals surface area contributed by atoms with E-state index >= 15 is 0 Å². The van der Waals surface area contributed by atoms with E-state index in [1.165, 1.54) is 16.7 Å². The Kier molecular flexibility index (Phi) is 11.1. The van der Waals surface area contributed by atoms with Crippen molar-refractivity contribution < 1.29 is 4.74 Å². The van der Waals surface area contributed by atoms with Gasteiger partial charge in [0.25, 0.3) is 0 Å². The minimum atomic E-state index is 0. The van der Waals surface area contributed by atoms with Crippen LogP contribution in [0.3, 0.4) is 0 Å². The molecule has 3 aromatic rings. The van der Waals surface area contributed by atoms with Crippen LogP contribution in [0.1, 0.15) is 30.5 Å². The zero-order chi connectivity index (χ0) is 21.0. The van der Waals surface area contributed by atoms with E-state index in [0.29, 0.717) is 19.8 Å². The Morgan fingerprint density at radius 3 is 2.45 bits per heavy atom. The Balaban J connectivity index is 0.00000341. The number of ether oxygens (including phenoxy) is 1. The van der Waals surface area contributed by atoms with Crippen molar-refractivity contribution in [3.05, 3.63) is 83.7 Å². The van der Waals surface area contributed by atoms with E-state index in [0.717, 1.165) is 31.2 Å². The zero-order valence-electron chi connectivity index (χ0n) is 18.3. The summed E-state index contributed by atoms with van der Waals surface area (Å²) in [4.78, 5) is 4.76. The van der Waals surface area contributed by atoms with Crippen molar-refractivity contribution in [1.82, 2.24) is 20.4 Å². The van der Waals surface area contributed by atoms with Crippen molar-refractivity contribution in [1.29, 1.82) is 0 Å². The number of aliphatic imine (C=N–C) groups is 1. The van der Waals surface area contributed by atoms with Crippen LogP contribution in [0.15, 0.2) is 72.0 Å². The molecule has 0 spiro atoms. The van der Waals surface area contributed by atoms with E-state index in [-0.39, 0.29) is 24.0 Å². The van der Waals surface area contributed by atoms with Crippen LogP contribution in [-0.4, -0.2) is 35.4 Å². The number of nitrogens with zero attached hydrogens (tertiary/aromatic N) is 3. The highest BCUT2D eigenvalue weighted by Crippen LogP contribution is 2.12. The molecule has 0 radical (unpaired) electrons. The van der Waals surface area contributed by atoms with Crippen LogP contribution in [0.4, 0.5) is 0 Å². The molecule has 3 rings (SSSR count). The summed E-state index contributed by atoms with van der Waals surface area (Å²) in [5.41, 5.74) is 4.72. The van der Waals surface area contributed by atoms with Crippen LogP contribution in [-0.2, 0) is 24.3 Å². The third-order valence-electron chi connectivity index (χ3n) is 4.74. The van der Waals surface area contributed by atoms with Crippen LogP contribution < -0.4 is 10.6 Å². The van der Waals surface area contributed by atoms with E-state index < -0.39 is 0 Å². The van der Waals surface area contributed by atoms with Crippen molar-refractivity contribution in [2.45, 2.75) is 33.4 Å². The van der Waals surface area contributed by atoms with Crippen LogP contribution in [0.5, 0.6) is 0 Å². The van der Waals surface area contributed by atoms with Gasteiger partial charge in [-0.05, 0) is 55.2 Å². The first-order chi connectivity index (χ1) is 14.8. The summed E-state index contributed by atoms with van der Waals surface area (Å²) >= 11 is 0. The van der Waals surface area contributed by atoms with E-state index in [9.17, 15) is 0 Å². The molecule has 2 N–H and O–H groups in total. The molecular weight excluding hydrogens is 501 g/mol. The summed E-state index contributed by atoms with van der Waals surface area (Å²) in [6.07, 6.45) is 4.65. The molecule has 0 bridgehead atoms. The fraction of sp³-hybridized carbons (Fsp3) is 0.333. The standard InChI is InChI=1S/C24H31N5O.HI/c1-3-25-24(27-18-21-8-5-6-9-22(21)19-30-4-2)26-16-14-20-10-12-23(13-11-20)29-17-7-15-28-29;/h5-13,15,17H,3-4,14,16,18-19H2,1-2H3,(H2,25,26,27);1H. The van der Waals surface area contributed by atoms with Gasteiger partial charge in [-0.25, -0.2) is 9.67 Å². The monoisotopic (exact) mass is 533 g/mol. The van der Waals surface area contributed by atoms with Crippen molar-refractivity contribution >= 4 is 29.9 Å². The lowest BCUT2D eigenvalue weighted by Crippen LogP contribution is -2.38. The summed E-state index contributed by atoms with van der Waals surface area (Å²) in [6.45, 7) is 7.69. The number of hydrogen-bond donors (Lipinski definition) is 2. The number of halogens is 1. The van der Waals surface area contributed by atoms with Gasteiger partial charge in [0.1, 0.15) is 0 Å². The normalized spacial score (nSPS) is 11.1. The second-order valence-electron chi connectivity index (χ2n) is 6.89. The van der Waals surface area contributed by atoms with Crippen molar-refractivity contribution in [2.24, 2.45) is 4.99 Å². The highest BCUT2D eigenvalue weighted by Gasteiger charge is 2.03. The van der Waals surface area contributed by atoms with Gasteiger partial charge in [-0.1, -0.05) is 36.4 Å². The average molecular weight is 533 g/mol. The molecule has 31 heavy (non-hydrogen) atoms. The molecule has 0 saturated heterocycles. The first-order valence-corrected chi connectivity index (χ1v) is 10.6. The van der Waals surface area contributed by atoms with Crippen molar-refractivity contribution in [3.8, 4) is 5.69 Å². The maximum Gasteiger partial charge on any atom is 0.191 e. The van der Waals surface area contributed by atoms with E-state index in [1.54, 1.807) is 6.20 Å². The maximum atomic E-state index is 5.58. The van der Waals surface area contributed by atoms with Gasteiger partial charge in [-0.2, -0.15) is 5.10 Å². The first-order valence-electron chi connectivity index (χ1n) is 10.6. The Labute approximate surface area is 202 Å². The maximum absolute atomic E-state index is 5.58. The molecule has 2 aromatic carbocycles. The number of rotatable bonds is 10. The molecule has 0 amide bonds. The summed E-state index contributed by atoms with van der Waals surface area (Å²) in [6, 6.07) is 18.7. The molecule has 0 aliphatic rings. The van der Waals surface area contributed by atoms with E-state index in [1.807, 2.05) is 36.0 Å². The largest absolute Gasteiger partial charge is 0.377 e. The van der Waals surface area contributed by atoms with Gasteiger partial charge in [-0.3, -0.25) is 0 Å². The SMILES string of the molecule is CCNC(=NCc1ccccc1COCC)NCCc1ccc(-n2cccn2)cc1.I. The summed E-state index contributed by atoms with van der Waals surface area (Å²) in [5, 5.41) is 11.0. The number of nitrogens with one attached hydrogen (secondary N) is 2. The van der Waals surface area contributed by atoms with E-state index in [4.69, 9.17) is 9.73 Å². The third kappa shape index (κ3) is 7.99. The van der Waals surface area contributed by atoms with Gasteiger partial charge < -0.3 is 15.4 Å². The smallest absolute Gasteiger partial charge is 0.191 e. The van der Waals surface area contributed by atoms with Gasteiger partial charge in [0, 0.05) is 32.1 Å². The highest BCUT2D eigenvalue weighted by molar-refractivity contribution is 14.0. The van der Waals surface area contributed by atoms with Gasteiger partial charge in [-0.15, -0.1) is 24.0 Å². The Morgan fingerprint density at radius 1 is 1.00 bits per heavy atom. The van der Waals surface area contributed by atoms with Crippen LogP contribution >= 0.6 is 24.0 Å². The molecule has 166 valence electrons. The molecule has 0 fully saturated rings. The Morgan fingerprint density at radius 2 is 1.77 bits per heavy atom. The topological polar surface area (TPSA) is 63.5 Å². The molecule has 6 nitrogen and oxygen atoms in total. The summed E-state index contributed by atoms with van der Waals surface area (Å²) in [7, 11) is 0. The summed E-state index contributed by atoms with van der Waals surface area (Å²) < 4.78 is 7.44. The molecule has 0 saturated carbocycles. The minimum absolute atomic E-state index is 0. The molecule has 0 aliphatic heterocycles. The van der Waals surface area contributed by atoms with Gasteiger partial charge in [0.2, 0.25) is 0 Å². The molecular formula is C24H32IN5O. The second kappa shape index (κ2) is 13.8.